The zero-order valence-electron chi connectivity index (χ0n) is 12.5. The average Bonchev–Trinajstić information content (AvgIpc) is 2.85. The molecule has 20 heavy (non-hydrogen) atoms. The molecular weight excluding hydrogens is 266 g/mol. The average molecular weight is 289 g/mol. The van der Waals surface area contributed by atoms with Crippen molar-refractivity contribution in [3.8, 4) is 0 Å². The Morgan fingerprint density at radius 2 is 2.20 bits per heavy atom. The van der Waals surface area contributed by atoms with Crippen LogP contribution in [-0.2, 0) is 13.5 Å². The van der Waals surface area contributed by atoms with Gasteiger partial charge in [-0.1, -0.05) is 17.7 Å². The number of benzene rings is 1. The molecule has 0 fully saturated rings. The van der Waals surface area contributed by atoms with E-state index in [0.717, 1.165) is 18.6 Å². The van der Waals surface area contributed by atoms with Gasteiger partial charge in [-0.25, -0.2) is 0 Å². The normalized spacial score (nSPS) is 12.6. The fourth-order valence-electron chi connectivity index (χ4n) is 2.18. The van der Waals surface area contributed by atoms with Gasteiger partial charge in [-0.2, -0.15) is 5.10 Å². The summed E-state index contributed by atoms with van der Waals surface area (Å²) in [5.74, 6) is 1.10. The predicted octanol–water partition coefficient (Wildman–Crippen LogP) is 3.04. The van der Waals surface area contributed by atoms with E-state index in [-0.39, 0.29) is 0 Å². The summed E-state index contributed by atoms with van der Waals surface area (Å²) in [6.45, 7) is 2.14. The molecular formula is C16H23N3S. The van der Waals surface area contributed by atoms with Gasteiger partial charge in [0.25, 0.3) is 0 Å². The SMILES string of the molecule is CNC(CCc1ccnn1C)CSc1cccc(C)c1. The number of rotatable bonds is 7. The van der Waals surface area contributed by atoms with Crippen LogP contribution < -0.4 is 5.32 Å². The van der Waals surface area contributed by atoms with E-state index in [2.05, 4.69) is 47.7 Å². The van der Waals surface area contributed by atoms with Crippen LogP contribution in [0.15, 0.2) is 41.4 Å². The molecule has 2 rings (SSSR count). The summed E-state index contributed by atoms with van der Waals surface area (Å²) in [5.41, 5.74) is 2.62. The molecule has 3 nitrogen and oxygen atoms in total. The number of nitrogens with zero attached hydrogens (tertiary/aromatic N) is 2. The van der Waals surface area contributed by atoms with Crippen molar-refractivity contribution in [3.05, 3.63) is 47.8 Å². The van der Waals surface area contributed by atoms with Crippen LogP contribution in [-0.4, -0.2) is 28.6 Å². The third kappa shape index (κ3) is 4.39. The quantitative estimate of drug-likeness (QED) is 0.795. The lowest BCUT2D eigenvalue weighted by Gasteiger charge is -2.16. The van der Waals surface area contributed by atoms with E-state index in [9.17, 15) is 0 Å². The Labute approximate surface area is 125 Å². The van der Waals surface area contributed by atoms with Gasteiger partial charge in [0.2, 0.25) is 0 Å². The maximum atomic E-state index is 4.21. The Morgan fingerprint density at radius 1 is 1.35 bits per heavy atom. The highest BCUT2D eigenvalue weighted by molar-refractivity contribution is 7.99. The second kappa shape index (κ2) is 7.50. The predicted molar refractivity (Wildman–Crippen MR) is 86.3 cm³/mol. The fraction of sp³-hybridized carbons (Fsp3) is 0.438. The highest BCUT2D eigenvalue weighted by Crippen LogP contribution is 2.20. The Hall–Kier alpha value is -1.26. The summed E-state index contributed by atoms with van der Waals surface area (Å²) in [6, 6.07) is 11.3. The lowest BCUT2D eigenvalue weighted by molar-refractivity contribution is 0.556. The van der Waals surface area contributed by atoms with Gasteiger partial charge >= 0.3 is 0 Å². The van der Waals surface area contributed by atoms with Crippen molar-refractivity contribution >= 4 is 11.8 Å². The molecule has 1 aromatic heterocycles. The van der Waals surface area contributed by atoms with E-state index in [0.29, 0.717) is 6.04 Å². The minimum atomic E-state index is 0.524. The highest BCUT2D eigenvalue weighted by Gasteiger charge is 2.09. The molecule has 4 heteroatoms. The Bertz CT molecular complexity index is 536. The van der Waals surface area contributed by atoms with Crippen molar-refractivity contribution in [2.75, 3.05) is 12.8 Å². The summed E-state index contributed by atoms with van der Waals surface area (Å²) < 4.78 is 1.96. The van der Waals surface area contributed by atoms with Gasteiger partial charge < -0.3 is 5.32 Å². The van der Waals surface area contributed by atoms with E-state index in [4.69, 9.17) is 0 Å². The minimum Gasteiger partial charge on any atom is -0.316 e. The first kappa shape index (κ1) is 15.1. The summed E-state index contributed by atoms with van der Waals surface area (Å²) in [7, 11) is 4.05. The van der Waals surface area contributed by atoms with Gasteiger partial charge in [0.05, 0.1) is 0 Å². The van der Waals surface area contributed by atoms with Gasteiger partial charge in [0, 0.05) is 35.6 Å². The number of nitrogens with one attached hydrogen (secondary N) is 1. The maximum Gasteiger partial charge on any atom is 0.0492 e. The van der Waals surface area contributed by atoms with Crippen molar-refractivity contribution in [1.29, 1.82) is 0 Å². The molecule has 108 valence electrons. The van der Waals surface area contributed by atoms with Gasteiger partial charge in [0.1, 0.15) is 0 Å². The summed E-state index contributed by atoms with van der Waals surface area (Å²) in [4.78, 5) is 1.35. The Balaban J connectivity index is 1.82. The van der Waals surface area contributed by atoms with Crippen LogP contribution >= 0.6 is 11.8 Å². The molecule has 1 heterocycles. The molecule has 0 amide bonds. The van der Waals surface area contributed by atoms with Gasteiger partial charge in [0.15, 0.2) is 0 Å². The first-order valence-electron chi connectivity index (χ1n) is 7.02. The van der Waals surface area contributed by atoms with Crippen LogP contribution in [0.3, 0.4) is 0 Å². The fourth-order valence-corrected chi connectivity index (χ4v) is 3.35. The zero-order chi connectivity index (χ0) is 14.4. The van der Waals surface area contributed by atoms with E-state index < -0.39 is 0 Å². The molecule has 0 saturated heterocycles. The Morgan fingerprint density at radius 3 is 2.85 bits per heavy atom. The lowest BCUT2D eigenvalue weighted by Crippen LogP contribution is -2.28. The highest BCUT2D eigenvalue weighted by atomic mass is 32.2. The van der Waals surface area contributed by atoms with Crippen molar-refractivity contribution in [2.45, 2.75) is 30.7 Å². The molecule has 1 atom stereocenters. The molecule has 0 spiro atoms. The van der Waals surface area contributed by atoms with Crippen LogP contribution in [0.4, 0.5) is 0 Å². The first-order chi connectivity index (χ1) is 9.69. The van der Waals surface area contributed by atoms with Gasteiger partial charge in [-0.3, -0.25) is 4.68 Å². The molecule has 1 N–H and O–H groups in total. The zero-order valence-corrected chi connectivity index (χ0v) is 13.3. The summed E-state index contributed by atoms with van der Waals surface area (Å²) in [5, 5.41) is 7.63. The molecule has 1 unspecified atom stereocenters. The van der Waals surface area contributed by atoms with Crippen LogP contribution in [0, 0.1) is 6.92 Å². The number of hydrogen-bond donors (Lipinski definition) is 1. The largest absolute Gasteiger partial charge is 0.316 e. The monoisotopic (exact) mass is 289 g/mol. The molecule has 0 aliphatic rings. The van der Waals surface area contributed by atoms with Crippen LogP contribution in [0.5, 0.6) is 0 Å². The van der Waals surface area contributed by atoms with Crippen LogP contribution in [0.25, 0.3) is 0 Å². The molecule has 0 saturated carbocycles. The van der Waals surface area contributed by atoms with Gasteiger partial charge in [-0.15, -0.1) is 11.8 Å². The van der Waals surface area contributed by atoms with Gasteiger partial charge in [-0.05, 0) is 45.0 Å². The summed E-state index contributed by atoms with van der Waals surface area (Å²) >= 11 is 1.92. The molecule has 0 radical (unpaired) electrons. The number of aryl methyl sites for hydroxylation is 3. The van der Waals surface area contributed by atoms with Crippen molar-refractivity contribution in [3.63, 3.8) is 0 Å². The summed E-state index contributed by atoms with van der Waals surface area (Å²) in [6.07, 6.45) is 4.07. The first-order valence-corrected chi connectivity index (χ1v) is 8.01. The number of thioether (sulfide) groups is 1. The third-order valence-corrected chi connectivity index (χ3v) is 4.68. The van der Waals surface area contributed by atoms with E-state index in [1.54, 1.807) is 0 Å². The topological polar surface area (TPSA) is 29.9 Å². The van der Waals surface area contributed by atoms with Crippen molar-refractivity contribution < 1.29 is 0 Å². The molecule has 0 aliphatic carbocycles. The molecule has 0 aliphatic heterocycles. The number of aromatic nitrogens is 2. The second-order valence-electron chi connectivity index (χ2n) is 5.10. The smallest absolute Gasteiger partial charge is 0.0492 e. The van der Waals surface area contributed by atoms with Crippen LogP contribution in [0.2, 0.25) is 0 Å². The number of hydrogen-bond acceptors (Lipinski definition) is 3. The van der Waals surface area contributed by atoms with E-state index >= 15 is 0 Å². The standard InChI is InChI=1S/C16H23N3S/c1-13-5-4-6-16(11-13)20-12-14(17-2)7-8-15-9-10-18-19(15)3/h4-6,9-11,14,17H,7-8,12H2,1-3H3. The second-order valence-corrected chi connectivity index (χ2v) is 6.19. The van der Waals surface area contributed by atoms with Crippen LogP contribution in [0.1, 0.15) is 17.7 Å². The molecule has 2 aromatic rings. The van der Waals surface area contributed by atoms with Crippen molar-refractivity contribution in [2.24, 2.45) is 7.05 Å². The molecule has 0 bridgehead atoms. The van der Waals surface area contributed by atoms with E-state index in [1.165, 1.54) is 16.2 Å². The Kier molecular flexibility index (Phi) is 5.68. The maximum absolute atomic E-state index is 4.21. The minimum absolute atomic E-state index is 0.524. The molecule has 1 aromatic carbocycles. The lowest BCUT2D eigenvalue weighted by atomic mass is 10.1. The van der Waals surface area contributed by atoms with E-state index in [1.807, 2.05) is 36.7 Å². The van der Waals surface area contributed by atoms with Crippen molar-refractivity contribution in [1.82, 2.24) is 15.1 Å². The third-order valence-electron chi connectivity index (χ3n) is 3.52.